The normalized spacial score (nSPS) is 12.5. The Labute approximate surface area is 289 Å². The van der Waals surface area contributed by atoms with Crippen LogP contribution in [0.15, 0.2) is 146 Å². The standard InChI is InChI=1S/C42H34N4O4/c47-41(48)39(27-11-3-1-4-12-27)43-25-31-15-7-9-17-33(31)35-23-21-29-19-20-30-22-24-36(46-38(30)37(29)45-35)34-18-10-8-16-32(34)26-44-40(42(49)50)28-13-5-2-6-14-28/h1-24,39-40,43-44H,25-26H2,(H,47,48)(H,49,50)/t39-,40-/m0/s1. The number of nitrogens with one attached hydrogen (secondary N) is 2. The molecule has 7 rings (SSSR count). The highest BCUT2D eigenvalue weighted by molar-refractivity contribution is 6.04. The predicted molar refractivity (Wildman–Crippen MR) is 195 cm³/mol. The molecule has 7 aromatic rings. The molecule has 0 fully saturated rings. The van der Waals surface area contributed by atoms with Crippen LogP contribution >= 0.6 is 0 Å². The Hall–Kier alpha value is -6.22. The number of aliphatic carboxylic acids is 2. The molecule has 0 bridgehead atoms. The van der Waals surface area contributed by atoms with Crippen molar-refractivity contribution in [3.8, 4) is 22.5 Å². The van der Waals surface area contributed by atoms with E-state index < -0.39 is 24.0 Å². The fraction of sp³-hybridized carbons (Fsp3) is 0.0952. The van der Waals surface area contributed by atoms with Gasteiger partial charge in [-0.05, 0) is 34.4 Å². The number of rotatable bonds is 12. The van der Waals surface area contributed by atoms with E-state index in [2.05, 4.69) is 10.6 Å². The molecule has 0 amide bonds. The van der Waals surface area contributed by atoms with E-state index in [1.165, 1.54) is 0 Å². The third-order valence-corrected chi connectivity index (χ3v) is 8.86. The molecular formula is C42H34N4O4. The van der Waals surface area contributed by atoms with Gasteiger partial charge in [-0.1, -0.05) is 133 Å². The molecule has 8 nitrogen and oxygen atoms in total. The summed E-state index contributed by atoms with van der Waals surface area (Å²) in [5.41, 5.74) is 8.03. The summed E-state index contributed by atoms with van der Waals surface area (Å²) in [4.78, 5) is 34.6. The zero-order chi connectivity index (χ0) is 34.5. The molecule has 0 saturated carbocycles. The van der Waals surface area contributed by atoms with Gasteiger partial charge >= 0.3 is 11.9 Å². The van der Waals surface area contributed by atoms with Crippen molar-refractivity contribution < 1.29 is 19.8 Å². The van der Waals surface area contributed by atoms with Crippen LogP contribution in [0.4, 0.5) is 0 Å². The van der Waals surface area contributed by atoms with Gasteiger partial charge in [0.1, 0.15) is 12.1 Å². The van der Waals surface area contributed by atoms with Crippen molar-refractivity contribution >= 4 is 33.7 Å². The maximum absolute atomic E-state index is 12.1. The molecule has 2 heterocycles. The van der Waals surface area contributed by atoms with Gasteiger partial charge < -0.3 is 10.2 Å². The summed E-state index contributed by atoms with van der Waals surface area (Å²) in [5.74, 6) is -1.89. The molecule has 0 saturated heterocycles. The monoisotopic (exact) mass is 658 g/mol. The maximum Gasteiger partial charge on any atom is 0.325 e. The summed E-state index contributed by atoms with van der Waals surface area (Å²) in [6.45, 7) is 0.662. The smallest absolute Gasteiger partial charge is 0.325 e. The highest BCUT2D eigenvalue weighted by Crippen LogP contribution is 2.31. The molecule has 2 atom stereocenters. The molecule has 5 aromatic carbocycles. The van der Waals surface area contributed by atoms with Crippen LogP contribution in [0.3, 0.4) is 0 Å². The van der Waals surface area contributed by atoms with Crippen LogP contribution in [0, 0.1) is 0 Å². The van der Waals surface area contributed by atoms with E-state index in [-0.39, 0.29) is 0 Å². The van der Waals surface area contributed by atoms with E-state index in [9.17, 15) is 19.8 Å². The highest BCUT2D eigenvalue weighted by atomic mass is 16.4. The van der Waals surface area contributed by atoms with E-state index in [1.807, 2.05) is 121 Å². The SMILES string of the molecule is O=C(O)[C@@H](NCc1ccccc1-c1ccc2ccc3ccc(-c4ccccc4CN[C@H](C(=O)O)c4ccccc4)nc3c2n1)c1ccccc1. The van der Waals surface area contributed by atoms with Crippen molar-refractivity contribution in [3.63, 3.8) is 0 Å². The van der Waals surface area contributed by atoms with Gasteiger partial charge in [-0.3, -0.25) is 20.2 Å². The predicted octanol–water partition coefficient (Wildman–Crippen LogP) is 7.95. The van der Waals surface area contributed by atoms with Crippen molar-refractivity contribution in [1.82, 2.24) is 20.6 Å². The number of fused-ring (bicyclic) bond motifs is 3. The first kappa shape index (κ1) is 32.3. The number of hydrogen-bond donors (Lipinski definition) is 4. The van der Waals surface area contributed by atoms with Crippen molar-refractivity contribution in [2.24, 2.45) is 0 Å². The molecule has 50 heavy (non-hydrogen) atoms. The lowest BCUT2D eigenvalue weighted by Gasteiger charge is -2.17. The van der Waals surface area contributed by atoms with Crippen molar-refractivity contribution in [2.45, 2.75) is 25.2 Å². The first-order valence-electron chi connectivity index (χ1n) is 16.4. The Bertz CT molecular complexity index is 2150. The van der Waals surface area contributed by atoms with E-state index in [0.29, 0.717) is 24.2 Å². The second kappa shape index (κ2) is 14.5. The third-order valence-electron chi connectivity index (χ3n) is 8.86. The van der Waals surface area contributed by atoms with Gasteiger partial charge in [0, 0.05) is 35.0 Å². The zero-order valence-corrected chi connectivity index (χ0v) is 27.0. The van der Waals surface area contributed by atoms with Gasteiger partial charge in [0.2, 0.25) is 0 Å². The minimum absolute atomic E-state index is 0.331. The maximum atomic E-state index is 12.1. The Morgan fingerprint density at radius 3 is 1.24 bits per heavy atom. The molecule has 0 unspecified atom stereocenters. The lowest BCUT2D eigenvalue weighted by molar-refractivity contribution is -0.140. The van der Waals surface area contributed by atoms with Crippen LogP contribution < -0.4 is 10.6 Å². The van der Waals surface area contributed by atoms with Gasteiger partial charge in [-0.2, -0.15) is 0 Å². The number of carbonyl (C=O) groups is 2. The number of pyridine rings is 2. The van der Waals surface area contributed by atoms with E-state index in [0.717, 1.165) is 55.4 Å². The molecule has 0 aliphatic rings. The molecule has 246 valence electrons. The number of carboxylic acids is 2. The number of carboxylic acid groups (broad SMARTS) is 2. The molecule has 0 aliphatic carbocycles. The van der Waals surface area contributed by atoms with Crippen LogP contribution in [0.1, 0.15) is 34.3 Å². The molecule has 0 radical (unpaired) electrons. The minimum atomic E-state index is -0.943. The number of hydrogen-bond acceptors (Lipinski definition) is 6. The van der Waals surface area contributed by atoms with Gasteiger partial charge in [0.15, 0.2) is 0 Å². The Kier molecular flexibility index (Phi) is 9.37. The van der Waals surface area contributed by atoms with Crippen LogP contribution in [-0.2, 0) is 22.7 Å². The van der Waals surface area contributed by atoms with E-state index >= 15 is 0 Å². The summed E-state index contributed by atoms with van der Waals surface area (Å²) in [5, 5.41) is 28.2. The molecular weight excluding hydrogens is 624 g/mol. The Balaban J connectivity index is 1.22. The summed E-state index contributed by atoms with van der Waals surface area (Å²) >= 11 is 0. The summed E-state index contributed by atoms with van der Waals surface area (Å²) in [6, 6.07) is 44.4. The van der Waals surface area contributed by atoms with Crippen molar-refractivity contribution in [1.29, 1.82) is 0 Å². The number of benzene rings is 5. The Morgan fingerprint density at radius 2 is 0.840 bits per heavy atom. The van der Waals surface area contributed by atoms with Gasteiger partial charge in [-0.15, -0.1) is 0 Å². The minimum Gasteiger partial charge on any atom is -0.480 e. The summed E-state index contributed by atoms with van der Waals surface area (Å²) in [6.07, 6.45) is 0. The number of aromatic nitrogens is 2. The van der Waals surface area contributed by atoms with Crippen molar-refractivity contribution in [2.75, 3.05) is 0 Å². The first-order chi connectivity index (χ1) is 24.5. The molecule has 4 N–H and O–H groups in total. The van der Waals surface area contributed by atoms with Crippen molar-refractivity contribution in [3.05, 3.63) is 168 Å². The fourth-order valence-corrected chi connectivity index (χ4v) is 6.33. The van der Waals surface area contributed by atoms with Crippen LogP contribution in [-0.4, -0.2) is 32.1 Å². The lowest BCUT2D eigenvalue weighted by atomic mass is 10.0. The third kappa shape index (κ3) is 6.84. The van der Waals surface area contributed by atoms with Gasteiger partial charge in [0.25, 0.3) is 0 Å². The lowest BCUT2D eigenvalue weighted by Crippen LogP contribution is -2.28. The molecule has 0 aliphatic heterocycles. The number of nitrogens with zero attached hydrogens (tertiary/aromatic N) is 2. The van der Waals surface area contributed by atoms with E-state index in [1.54, 1.807) is 24.3 Å². The average molecular weight is 659 g/mol. The second-order valence-corrected chi connectivity index (χ2v) is 12.0. The molecule has 2 aromatic heterocycles. The van der Waals surface area contributed by atoms with Gasteiger partial charge in [0.05, 0.1) is 22.4 Å². The zero-order valence-electron chi connectivity index (χ0n) is 27.0. The van der Waals surface area contributed by atoms with Crippen LogP contribution in [0.5, 0.6) is 0 Å². The summed E-state index contributed by atoms with van der Waals surface area (Å²) in [7, 11) is 0. The topological polar surface area (TPSA) is 124 Å². The van der Waals surface area contributed by atoms with Crippen LogP contribution in [0.25, 0.3) is 44.3 Å². The van der Waals surface area contributed by atoms with Gasteiger partial charge in [-0.25, -0.2) is 9.97 Å². The Morgan fingerprint density at radius 1 is 0.480 bits per heavy atom. The highest BCUT2D eigenvalue weighted by Gasteiger charge is 2.21. The average Bonchev–Trinajstić information content (AvgIpc) is 3.15. The fourth-order valence-electron chi connectivity index (χ4n) is 6.33. The molecule has 8 heteroatoms. The quantitative estimate of drug-likeness (QED) is 0.0976. The van der Waals surface area contributed by atoms with Crippen LogP contribution in [0.2, 0.25) is 0 Å². The largest absolute Gasteiger partial charge is 0.480 e. The molecule has 0 spiro atoms. The van der Waals surface area contributed by atoms with E-state index in [4.69, 9.17) is 9.97 Å². The summed E-state index contributed by atoms with van der Waals surface area (Å²) < 4.78 is 0. The second-order valence-electron chi connectivity index (χ2n) is 12.0. The first-order valence-corrected chi connectivity index (χ1v) is 16.4.